The summed E-state index contributed by atoms with van der Waals surface area (Å²) in [6.45, 7) is -0.0765. The van der Waals surface area contributed by atoms with Crippen molar-refractivity contribution in [3.63, 3.8) is 0 Å². The van der Waals surface area contributed by atoms with Crippen LogP contribution in [0.2, 0.25) is 0 Å². The molecule has 2 aromatic carbocycles. The molecule has 1 N–H and O–H groups in total. The van der Waals surface area contributed by atoms with Crippen molar-refractivity contribution in [2.75, 3.05) is 13.7 Å². The number of amides is 1. The van der Waals surface area contributed by atoms with E-state index < -0.39 is 0 Å². The van der Waals surface area contributed by atoms with Crippen LogP contribution < -0.4 is 0 Å². The van der Waals surface area contributed by atoms with Gasteiger partial charge in [-0.2, -0.15) is 0 Å². The highest BCUT2D eigenvalue weighted by molar-refractivity contribution is 7.80. The SMILES string of the molecule is CN1C(=O)C2Cc3c(n(C)c4c3ccc3ccccc34)C(CO)N2C1=S. The molecule has 6 heteroatoms. The molecular formula is C20H19N3O2S. The average molecular weight is 365 g/mol. The number of hydrogen-bond acceptors (Lipinski definition) is 3. The second kappa shape index (κ2) is 5.28. The van der Waals surface area contributed by atoms with E-state index in [1.807, 2.05) is 24.1 Å². The van der Waals surface area contributed by atoms with E-state index in [9.17, 15) is 9.90 Å². The zero-order chi connectivity index (χ0) is 18.2. The molecule has 2 aliphatic heterocycles. The van der Waals surface area contributed by atoms with Gasteiger partial charge in [0.2, 0.25) is 0 Å². The molecule has 0 spiro atoms. The molecular weight excluding hydrogens is 346 g/mol. The van der Waals surface area contributed by atoms with Crippen LogP contribution in [0.3, 0.4) is 0 Å². The van der Waals surface area contributed by atoms with E-state index in [2.05, 4.69) is 28.8 Å². The topological polar surface area (TPSA) is 48.7 Å². The van der Waals surface area contributed by atoms with Crippen LogP contribution >= 0.6 is 12.2 Å². The summed E-state index contributed by atoms with van der Waals surface area (Å²) < 4.78 is 2.18. The Labute approximate surface area is 156 Å². The van der Waals surface area contributed by atoms with Crippen LogP contribution in [0.25, 0.3) is 21.7 Å². The van der Waals surface area contributed by atoms with Crippen LogP contribution in [0, 0.1) is 0 Å². The van der Waals surface area contributed by atoms with E-state index in [0.29, 0.717) is 11.5 Å². The van der Waals surface area contributed by atoms with Crippen molar-refractivity contribution in [3.05, 3.63) is 47.7 Å². The van der Waals surface area contributed by atoms with Gasteiger partial charge >= 0.3 is 0 Å². The number of carbonyl (C=O) groups is 1. The average Bonchev–Trinajstić information content (AvgIpc) is 3.08. The minimum Gasteiger partial charge on any atom is -0.394 e. The monoisotopic (exact) mass is 365 g/mol. The smallest absolute Gasteiger partial charge is 0.251 e. The molecule has 2 aliphatic rings. The highest BCUT2D eigenvalue weighted by Crippen LogP contribution is 2.43. The van der Waals surface area contributed by atoms with Gasteiger partial charge < -0.3 is 14.6 Å². The molecule has 1 amide bonds. The second-order valence-electron chi connectivity index (χ2n) is 7.11. The van der Waals surface area contributed by atoms with Gasteiger partial charge in [-0.15, -0.1) is 0 Å². The number of aryl methyl sites for hydroxylation is 1. The summed E-state index contributed by atoms with van der Waals surface area (Å²) >= 11 is 5.50. The Morgan fingerprint density at radius 1 is 1.15 bits per heavy atom. The van der Waals surface area contributed by atoms with Gasteiger partial charge in [-0.1, -0.05) is 36.4 Å². The number of thiocarbonyl (C=S) groups is 1. The highest BCUT2D eigenvalue weighted by Gasteiger charge is 2.49. The lowest BCUT2D eigenvalue weighted by molar-refractivity contribution is -0.127. The van der Waals surface area contributed by atoms with Gasteiger partial charge in [-0.3, -0.25) is 9.69 Å². The number of nitrogens with zero attached hydrogens (tertiary/aromatic N) is 3. The minimum absolute atomic E-state index is 0.0110. The summed E-state index contributed by atoms with van der Waals surface area (Å²) in [4.78, 5) is 16.1. The lowest BCUT2D eigenvalue weighted by Crippen LogP contribution is -2.45. The normalized spacial score (nSPS) is 22.4. The molecule has 5 nitrogen and oxygen atoms in total. The maximum absolute atomic E-state index is 12.7. The summed E-state index contributed by atoms with van der Waals surface area (Å²) in [5.74, 6) is 0.0110. The van der Waals surface area contributed by atoms with E-state index >= 15 is 0 Å². The summed E-state index contributed by atoms with van der Waals surface area (Å²) in [6.07, 6.45) is 0.616. The van der Waals surface area contributed by atoms with E-state index in [-0.39, 0.29) is 24.6 Å². The van der Waals surface area contributed by atoms with E-state index in [0.717, 1.165) is 22.2 Å². The van der Waals surface area contributed by atoms with Gasteiger partial charge in [0, 0.05) is 37.0 Å². The van der Waals surface area contributed by atoms with Gasteiger partial charge in [0.1, 0.15) is 6.04 Å². The molecule has 0 bridgehead atoms. The third-order valence-electron chi connectivity index (χ3n) is 5.91. The van der Waals surface area contributed by atoms with Gasteiger partial charge in [0.25, 0.3) is 5.91 Å². The Hall–Kier alpha value is -2.44. The van der Waals surface area contributed by atoms with E-state index in [4.69, 9.17) is 12.2 Å². The molecule has 1 aromatic heterocycles. The van der Waals surface area contributed by atoms with Crippen LogP contribution in [0.15, 0.2) is 36.4 Å². The predicted octanol–water partition coefficient (Wildman–Crippen LogP) is 2.35. The summed E-state index contributed by atoms with van der Waals surface area (Å²) in [6, 6.07) is 12.0. The van der Waals surface area contributed by atoms with Crippen molar-refractivity contribution in [2.24, 2.45) is 7.05 Å². The number of aliphatic hydroxyl groups excluding tert-OH is 1. The first-order chi connectivity index (χ1) is 12.5. The number of hydrogen-bond donors (Lipinski definition) is 1. The fourth-order valence-corrected chi connectivity index (χ4v) is 5.08. The fraction of sp³-hybridized carbons (Fsp3) is 0.300. The van der Waals surface area contributed by atoms with Gasteiger partial charge in [-0.05, 0) is 23.2 Å². The largest absolute Gasteiger partial charge is 0.394 e. The molecule has 2 atom stereocenters. The summed E-state index contributed by atoms with van der Waals surface area (Å²) in [7, 11) is 3.76. The van der Waals surface area contributed by atoms with Crippen molar-refractivity contribution < 1.29 is 9.90 Å². The first-order valence-corrected chi connectivity index (χ1v) is 9.15. The Morgan fingerprint density at radius 2 is 1.92 bits per heavy atom. The fourth-order valence-electron chi connectivity index (χ4n) is 4.74. The number of benzene rings is 2. The molecule has 0 saturated carbocycles. The van der Waals surface area contributed by atoms with Crippen molar-refractivity contribution in [2.45, 2.75) is 18.5 Å². The van der Waals surface area contributed by atoms with E-state index in [1.54, 1.807) is 7.05 Å². The Bertz CT molecular complexity index is 1100. The third kappa shape index (κ3) is 1.78. The molecule has 2 unspecified atom stereocenters. The molecule has 3 aromatic rings. The number of fused-ring (bicyclic) bond motifs is 6. The van der Waals surface area contributed by atoms with Crippen LogP contribution in [0.1, 0.15) is 17.3 Å². The molecule has 132 valence electrons. The number of aliphatic hydroxyl groups is 1. The first-order valence-electron chi connectivity index (χ1n) is 8.74. The van der Waals surface area contributed by atoms with Crippen LogP contribution in [-0.4, -0.2) is 50.2 Å². The van der Waals surface area contributed by atoms with Crippen molar-refractivity contribution in [1.82, 2.24) is 14.4 Å². The Kier molecular flexibility index (Phi) is 3.21. The Balaban J connectivity index is 1.84. The minimum atomic E-state index is -0.325. The second-order valence-corrected chi connectivity index (χ2v) is 7.48. The number of likely N-dealkylation sites (N-methyl/N-ethyl adjacent to an activating group) is 1. The van der Waals surface area contributed by atoms with Crippen molar-refractivity contribution >= 4 is 44.9 Å². The highest BCUT2D eigenvalue weighted by atomic mass is 32.1. The lowest BCUT2D eigenvalue weighted by atomic mass is 9.92. The molecule has 3 heterocycles. The maximum atomic E-state index is 12.7. The molecule has 1 saturated heterocycles. The summed E-state index contributed by atoms with van der Waals surface area (Å²) in [5.41, 5.74) is 3.36. The zero-order valence-corrected chi connectivity index (χ0v) is 15.5. The van der Waals surface area contributed by atoms with Gasteiger partial charge in [0.05, 0.1) is 18.2 Å². The quantitative estimate of drug-likeness (QED) is 0.673. The number of rotatable bonds is 1. The molecule has 0 aliphatic carbocycles. The standard InChI is InChI=1S/C20H19N3O2S/c1-21-17-12-6-4-3-5-11(12)7-8-13(17)14-9-15-19(25)22(2)20(26)23(15)16(10-24)18(14)21/h3-8,15-16,24H,9-10H2,1-2H3. The number of aromatic nitrogens is 1. The summed E-state index contributed by atoms with van der Waals surface area (Å²) in [5, 5.41) is 14.2. The van der Waals surface area contributed by atoms with Crippen LogP contribution in [-0.2, 0) is 18.3 Å². The molecule has 1 fully saturated rings. The maximum Gasteiger partial charge on any atom is 0.251 e. The van der Waals surface area contributed by atoms with Gasteiger partial charge in [0.15, 0.2) is 5.11 Å². The van der Waals surface area contributed by atoms with Crippen molar-refractivity contribution in [1.29, 1.82) is 0 Å². The lowest BCUT2D eigenvalue weighted by Gasteiger charge is -2.36. The van der Waals surface area contributed by atoms with Crippen LogP contribution in [0.5, 0.6) is 0 Å². The van der Waals surface area contributed by atoms with Crippen molar-refractivity contribution in [3.8, 4) is 0 Å². The molecule has 5 rings (SSSR count). The van der Waals surface area contributed by atoms with E-state index in [1.165, 1.54) is 15.7 Å². The third-order valence-corrected chi connectivity index (χ3v) is 6.40. The van der Waals surface area contributed by atoms with Gasteiger partial charge in [-0.25, -0.2) is 0 Å². The zero-order valence-electron chi connectivity index (χ0n) is 14.6. The Morgan fingerprint density at radius 3 is 2.69 bits per heavy atom. The van der Waals surface area contributed by atoms with Crippen LogP contribution in [0.4, 0.5) is 0 Å². The predicted molar refractivity (Wildman–Crippen MR) is 105 cm³/mol. The first kappa shape index (κ1) is 15.8. The molecule has 0 radical (unpaired) electrons. The molecule has 26 heavy (non-hydrogen) atoms. The number of carbonyl (C=O) groups excluding carboxylic acids is 1.